The van der Waals surface area contributed by atoms with Crippen molar-refractivity contribution < 1.29 is 14.3 Å². The number of benzene rings is 3. The summed E-state index contributed by atoms with van der Waals surface area (Å²) < 4.78 is 13.7. The Bertz CT molecular complexity index is 1420. The predicted octanol–water partition coefficient (Wildman–Crippen LogP) is 8.81. The first-order valence-corrected chi connectivity index (χ1v) is 14.5. The van der Waals surface area contributed by atoms with Gasteiger partial charge in [0, 0.05) is 21.1 Å². The monoisotopic (exact) mass is 674 g/mol. The molecule has 0 unspecified atom stereocenters. The average molecular weight is 677 g/mol. The highest BCUT2D eigenvalue weighted by Gasteiger charge is 2.32. The first-order chi connectivity index (χ1) is 18.3. The van der Waals surface area contributed by atoms with E-state index in [-0.39, 0.29) is 5.91 Å². The van der Waals surface area contributed by atoms with Gasteiger partial charge in [-0.25, -0.2) is 4.99 Å². The summed E-state index contributed by atoms with van der Waals surface area (Å²) in [6.07, 6.45) is 4.27. The second-order valence-electron chi connectivity index (χ2n) is 8.27. The Hall–Kier alpha value is -2.52. The van der Waals surface area contributed by atoms with E-state index in [0.717, 1.165) is 25.6 Å². The molecule has 38 heavy (non-hydrogen) atoms. The molecule has 0 atom stereocenters. The fourth-order valence-electron chi connectivity index (χ4n) is 3.81. The summed E-state index contributed by atoms with van der Waals surface area (Å²) in [6.45, 7) is 6.72. The first-order valence-electron chi connectivity index (χ1n) is 11.8. The molecule has 0 aromatic heterocycles. The van der Waals surface area contributed by atoms with Crippen molar-refractivity contribution in [2.75, 3.05) is 13.7 Å². The number of carbonyl (C=O) groups is 1. The predicted molar refractivity (Wildman–Crippen MR) is 165 cm³/mol. The Kier molecular flexibility index (Phi) is 9.76. The van der Waals surface area contributed by atoms with Crippen LogP contribution in [0.15, 0.2) is 86.1 Å². The third-order valence-electron chi connectivity index (χ3n) is 5.66. The number of allylic oxidation sites excluding steroid dienone is 1. The van der Waals surface area contributed by atoms with E-state index >= 15 is 0 Å². The Labute approximate surface area is 248 Å². The van der Waals surface area contributed by atoms with Crippen LogP contribution in [0, 0.1) is 0 Å². The molecule has 0 bridgehead atoms. The van der Waals surface area contributed by atoms with Crippen molar-refractivity contribution >= 4 is 78.1 Å². The van der Waals surface area contributed by atoms with Crippen molar-refractivity contribution in [3.63, 3.8) is 0 Å². The molecule has 0 N–H and O–H groups in total. The van der Waals surface area contributed by atoms with Gasteiger partial charge in [-0.1, -0.05) is 45.7 Å². The van der Waals surface area contributed by atoms with E-state index in [2.05, 4.69) is 43.4 Å². The highest BCUT2D eigenvalue weighted by Crippen LogP contribution is 2.38. The van der Waals surface area contributed by atoms with Crippen molar-refractivity contribution in [1.82, 2.24) is 4.90 Å². The van der Waals surface area contributed by atoms with Crippen LogP contribution in [-0.2, 0) is 17.8 Å². The van der Waals surface area contributed by atoms with E-state index in [4.69, 9.17) is 21.1 Å². The largest absolute Gasteiger partial charge is 0.493 e. The number of rotatable bonds is 9. The zero-order valence-electron chi connectivity index (χ0n) is 20.8. The number of likely N-dealkylation sites (N-methyl/N-ethyl adjacent to an activating group) is 1. The van der Waals surface area contributed by atoms with Crippen LogP contribution in [0.1, 0.15) is 23.6 Å². The molecular formula is C29H25Br2ClN2O3S. The molecule has 1 aliphatic heterocycles. The highest BCUT2D eigenvalue weighted by atomic mass is 79.9. The molecule has 0 saturated carbocycles. The molecule has 0 aliphatic carbocycles. The summed E-state index contributed by atoms with van der Waals surface area (Å²) in [5.74, 6) is 1.15. The fraction of sp³-hybridized carbons (Fsp3) is 0.172. The molecule has 9 heteroatoms. The van der Waals surface area contributed by atoms with Crippen molar-refractivity contribution in [1.29, 1.82) is 0 Å². The number of hydrogen-bond acceptors (Lipinski definition) is 5. The van der Waals surface area contributed by atoms with Crippen LogP contribution in [0.2, 0.25) is 5.02 Å². The van der Waals surface area contributed by atoms with E-state index in [9.17, 15) is 4.79 Å². The Morgan fingerprint density at radius 1 is 1.13 bits per heavy atom. The molecule has 4 rings (SSSR count). The SMILES string of the molecule is C=CCc1cc(/C=C2\SC(=Nc3ccc(Br)c(Cl)c3)N(CC)C2=O)cc(OC)c1OCc1ccc(Br)cc1. The Morgan fingerprint density at radius 3 is 2.55 bits per heavy atom. The van der Waals surface area contributed by atoms with E-state index in [1.54, 1.807) is 18.1 Å². The molecule has 1 amide bonds. The van der Waals surface area contributed by atoms with Gasteiger partial charge in [0.05, 0.1) is 22.7 Å². The van der Waals surface area contributed by atoms with Crippen LogP contribution < -0.4 is 9.47 Å². The third-order valence-corrected chi connectivity index (χ3v) is 8.43. The number of aliphatic imine (C=N–C) groups is 1. The van der Waals surface area contributed by atoms with Gasteiger partial charge < -0.3 is 9.47 Å². The van der Waals surface area contributed by atoms with Crippen LogP contribution in [0.25, 0.3) is 6.08 Å². The fourth-order valence-corrected chi connectivity index (χ4v) is 5.56. The number of ether oxygens (including phenoxy) is 2. The first kappa shape index (κ1) is 28.5. The number of methoxy groups -OCH3 is 1. The van der Waals surface area contributed by atoms with Crippen molar-refractivity contribution in [3.05, 3.63) is 103 Å². The van der Waals surface area contributed by atoms with E-state index in [1.807, 2.05) is 67.6 Å². The zero-order chi connectivity index (χ0) is 27.2. The second kappa shape index (κ2) is 13.0. The van der Waals surface area contributed by atoms with Gasteiger partial charge in [-0.05, 0) is 101 Å². The molecule has 1 saturated heterocycles. The normalized spacial score (nSPS) is 15.4. The number of thioether (sulfide) groups is 1. The average Bonchev–Trinajstić information content (AvgIpc) is 3.19. The van der Waals surface area contributed by atoms with Crippen molar-refractivity contribution in [2.24, 2.45) is 4.99 Å². The van der Waals surface area contributed by atoms with E-state index in [1.165, 1.54) is 11.8 Å². The standard InChI is InChI=1S/C29H25Br2ClN2O3S/c1-4-6-20-13-19(14-25(36-3)27(20)37-17-18-7-9-21(30)10-8-18)15-26-28(35)34(5-2)29(38-26)33-22-11-12-23(31)24(32)16-22/h4,7-16H,1,5-6,17H2,2-3H3/b26-15-,33-29?. The van der Waals surface area contributed by atoms with Crippen molar-refractivity contribution in [3.8, 4) is 11.5 Å². The lowest BCUT2D eigenvalue weighted by Gasteiger charge is -2.16. The zero-order valence-corrected chi connectivity index (χ0v) is 25.6. The molecule has 1 fully saturated rings. The maximum Gasteiger partial charge on any atom is 0.266 e. The second-order valence-corrected chi connectivity index (χ2v) is 11.5. The number of nitrogens with zero attached hydrogens (tertiary/aromatic N) is 2. The van der Waals surface area contributed by atoms with Gasteiger partial charge >= 0.3 is 0 Å². The van der Waals surface area contributed by atoms with Crippen LogP contribution in [0.4, 0.5) is 5.69 Å². The minimum absolute atomic E-state index is 0.0979. The highest BCUT2D eigenvalue weighted by molar-refractivity contribution is 9.10. The molecule has 0 spiro atoms. The third kappa shape index (κ3) is 6.72. The summed E-state index contributed by atoms with van der Waals surface area (Å²) in [5, 5.41) is 1.17. The molecule has 196 valence electrons. The summed E-state index contributed by atoms with van der Waals surface area (Å²) in [4.78, 5) is 20.1. The minimum Gasteiger partial charge on any atom is -0.493 e. The summed E-state index contributed by atoms with van der Waals surface area (Å²) in [5.41, 5.74) is 3.46. The van der Waals surface area contributed by atoms with Gasteiger partial charge in [-0.3, -0.25) is 9.69 Å². The van der Waals surface area contributed by atoms with E-state index < -0.39 is 0 Å². The minimum atomic E-state index is -0.0979. The topological polar surface area (TPSA) is 51.1 Å². The van der Waals surface area contributed by atoms with Gasteiger partial charge in [0.1, 0.15) is 6.61 Å². The van der Waals surface area contributed by atoms with E-state index in [0.29, 0.717) is 51.9 Å². The molecule has 3 aromatic rings. The number of amides is 1. The molecular weight excluding hydrogens is 652 g/mol. The number of hydrogen-bond donors (Lipinski definition) is 0. The Balaban J connectivity index is 1.65. The quantitative estimate of drug-likeness (QED) is 0.168. The summed E-state index contributed by atoms with van der Waals surface area (Å²) in [6, 6.07) is 17.3. The maximum absolute atomic E-state index is 13.2. The van der Waals surface area contributed by atoms with Gasteiger partial charge in [0.2, 0.25) is 0 Å². The van der Waals surface area contributed by atoms with Crippen LogP contribution in [0.3, 0.4) is 0 Å². The number of carbonyl (C=O) groups excluding carboxylic acids is 1. The lowest BCUT2D eigenvalue weighted by molar-refractivity contribution is -0.122. The molecule has 3 aromatic carbocycles. The van der Waals surface area contributed by atoms with Gasteiger partial charge in [-0.15, -0.1) is 6.58 Å². The molecule has 1 heterocycles. The maximum atomic E-state index is 13.2. The number of halogens is 3. The van der Waals surface area contributed by atoms with Gasteiger partial charge in [0.15, 0.2) is 16.7 Å². The van der Waals surface area contributed by atoms with Gasteiger partial charge in [-0.2, -0.15) is 0 Å². The number of amidine groups is 1. The summed E-state index contributed by atoms with van der Waals surface area (Å²) in [7, 11) is 1.61. The molecule has 5 nitrogen and oxygen atoms in total. The lowest BCUT2D eigenvalue weighted by Crippen LogP contribution is -2.28. The van der Waals surface area contributed by atoms with Crippen molar-refractivity contribution in [2.45, 2.75) is 20.0 Å². The molecule has 0 radical (unpaired) electrons. The molecule has 1 aliphatic rings. The summed E-state index contributed by atoms with van der Waals surface area (Å²) >= 11 is 14.4. The Morgan fingerprint density at radius 2 is 1.89 bits per heavy atom. The van der Waals surface area contributed by atoms with Crippen LogP contribution >= 0.6 is 55.2 Å². The smallest absolute Gasteiger partial charge is 0.266 e. The van der Waals surface area contributed by atoms with Gasteiger partial charge in [0.25, 0.3) is 5.91 Å². The lowest BCUT2D eigenvalue weighted by atomic mass is 10.0. The van der Waals surface area contributed by atoms with Crippen LogP contribution in [-0.4, -0.2) is 29.6 Å². The van der Waals surface area contributed by atoms with Crippen LogP contribution in [0.5, 0.6) is 11.5 Å².